The third-order valence-electron chi connectivity index (χ3n) is 6.89. The Balaban J connectivity index is 1.98. The first-order valence-corrected chi connectivity index (χ1v) is 13.8. The van der Waals surface area contributed by atoms with Crippen molar-refractivity contribution in [2.45, 2.75) is 117 Å². The number of hydrogen-bond acceptors (Lipinski definition) is 3. The molecule has 1 rings (SSSR count). The molecule has 0 saturated carbocycles. The largest absolute Gasteiger partial charge is 0.381 e. The standard InChI is InChI=1S/C27H56N2O/c1-4-7-9-11-14-25-30-26-15-13-19-28-21-23-29(24-22-28)20-18-27(16-6-3)17-12-10-8-5-2/h27H,4-26H2,1-3H3. The van der Waals surface area contributed by atoms with Crippen molar-refractivity contribution in [1.29, 1.82) is 0 Å². The number of hydrogen-bond donors (Lipinski definition) is 0. The van der Waals surface area contributed by atoms with Crippen molar-refractivity contribution in [1.82, 2.24) is 9.80 Å². The van der Waals surface area contributed by atoms with E-state index in [0.717, 1.165) is 19.1 Å². The highest BCUT2D eigenvalue weighted by Crippen LogP contribution is 2.20. The average molecular weight is 425 g/mol. The Bertz CT molecular complexity index is 342. The molecule has 180 valence electrons. The molecule has 1 heterocycles. The van der Waals surface area contributed by atoms with Gasteiger partial charge in [0.1, 0.15) is 0 Å². The second-order valence-electron chi connectivity index (χ2n) is 9.71. The highest BCUT2D eigenvalue weighted by atomic mass is 16.5. The van der Waals surface area contributed by atoms with Crippen molar-refractivity contribution in [3.8, 4) is 0 Å². The Morgan fingerprint density at radius 1 is 0.533 bits per heavy atom. The predicted octanol–water partition coefficient (Wildman–Crippen LogP) is 7.15. The molecule has 0 aromatic carbocycles. The van der Waals surface area contributed by atoms with Gasteiger partial charge in [0.15, 0.2) is 0 Å². The molecule has 0 aromatic heterocycles. The van der Waals surface area contributed by atoms with Gasteiger partial charge in [-0.25, -0.2) is 0 Å². The van der Waals surface area contributed by atoms with Crippen molar-refractivity contribution >= 4 is 0 Å². The molecule has 0 bridgehead atoms. The summed E-state index contributed by atoms with van der Waals surface area (Å²) in [6, 6.07) is 0. The summed E-state index contributed by atoms with van der Waals surface area (Å²) in [4.78, 5) is 5.41. The molecule has 3 heteroatoms. The normalized spacial score (nSPS) is 16.9. The van der Waals surface area contributed by atoms with E-state index < -0.39 is 0 Å². The summed E-state index contributed by atoms with van der Waals surface area (Å²) in [5, 5.41) is 0. The molecular formula is C27H56N2O. The van der Waals surface area contributed by atoms with Gasteiger partial charge >= 0.3 is 0 Å². The van der Waals surface area contributed by atoms with Gasteiger partial charge in [-0.3, -0.25) is 0 Å². The van der Waals surface area contributed by atoms with E-state index in [9.17, 15) is 0 Å². The molecule has 1 aliphatic rings. The van der Waals surface area contributed by atoms with Crippen molar-refractivity contribution in [2.75, 3.05) is 52.5 Å². The number of nitrogens with zero attached hydrogens (tertiary/aromatic N) is 2. The molecule has 0 amide bonds. The van der Waals surface area contributed by atoms with Crippen molar-refractivity contribution in [3.05, 3.63) is 0 Å². The van der Waals surface area contributed by atoms with Gasteiger partial charge in [0.05, 0.1) is 0 Å². The molecule has 1 fully saturated rings. The van der Waals surface area contributed by atoms with E-state index in [1.54, 1.807) is 0 Å². The lowest BCUT2D eigenvalue weighted by Gasteiger charge is -2.35. The Morgan fingerprint density at radius 3 is 1.73 bits per heavy atom. The summed E-state index contributed by atoms with van der Waals surface area (Å²) in [5.41, 5.74) is 0. The molecule has 1 unspecified atom stereocenters. The van der Waals surface area contributed by atoms with Crippen molar-refractivity contribution < 1.29 is 4.74 Å². The minimum Gasteiger partial charge on any atom is -0.381 e. The molecular weight excluding hydrogens is 368 g/mol. The van der Waals surface area contributed by atoms with Gasteiger partial charge in [-0.15, -0.1) is 0 Å². The minimum atomic E-state index is 0.963. The molecule has 1 aliphatic heterocycles. The fraction of sp³-hybridized carbons (Fsp3) is 1.00. The lowest BCUT2D eigenvalue weighted by atomic mass is 9.93. The van der Waals surface area contributed by atoms with Crippen LogP contribution in [-0.2, 0) is 4.74 Å². The topological polar surface area (TPSA) is 15.7 Å². The second kappa shape index (κ2) is 20.8. The van der Waals surface area contributed by atoms with Gasteiger partial charge in [0, 0.05) is 39.4 Å². The van der Waals surface area contributed by atoms with E-state index in [0.29, 0.717) is 0 Å². The zero-order valence-electron chi connectivity index (χ0n) is 21.1. The van der Waals surface area contributed by atoms with Crippen molar-refractivity contribution in [2.24, 2.45) is 5.92 Å². The fourth-order valence-corrected chi connectivity index (χ4v) is 4.75. The monoisotopic (exact) mass is 424 g/mol. The van der Waals surface area contributed by atoms with Crippen LogP contribution in [0.5, 0.6) is 0 Å². The third-order valence-corrected chi connectivity index (χ3v) is 6.89. The summed E-state index contributed by atoms with van der Waals surface area (Å²) in [5.74, 6) is 0.969. The maximum Gasteiger partial charge on any atom is 0.0466 e. The van der Waals surface area contributed by atoms with Gasteiger partial charge in [-0.05, 0) is 44.7 Å². The van der Waals surface area contributed by atoms with Crippen LogP contribution in [0.15, 0.2) is 0 Å². The summed E-state index contributed by atoms with van der Waals surface area (Å²) >= 11 is 0. The molecule has 1 atom stereocenters. The highest BCUT2D eigenvalue weighted by Gasteiger charge is 2.17. The molecule has 0 N–H and O–H groups in total. The zero-order chi connectivity index (χ0) is 21.7. The lowest BCUT2D eigenvalue weighted by Crippen LogP contribution is -2.47. The first-order valence-electron chi connectivity index (χ1n) is 13.8. The molecule has 0 aliphatic carbocycles. The van der Waals surface area contributed by atoms with Crippen LogP contribution in [0.2, 0.25) is 0 Å². The van der Waals surface area contributed by atoms with E-state index in [1.807, 2.05) is 0 Å². The second-order valence-corrected chi connectivity index (χ2v) is 9.71. The summed E-state index contributed by atoms with van der Waals surface area (Å²) in [6.07, 6.45) is 20.6. The maximum absolute atomic E-state index is 5.81. The molecule has 0 radical (unpaired) electrons. The fourth-order valence-electron chi connectivity index (χ4n) is 4.75. The molecule has 0 aromatic rings. The molecule has 30 heavy (non-hydrogen) atoms. The van der Waals surface area contributed by atoms with Crippen LogP contribution < -0.4 is 0 Å². The Morgan fingerprint density at radius 2 is 1.10 bits per heavy atom. The third kappa shape index (κ3) is 15.6. The van der Waals surface area contributed by atoms with Gasteiger partial charge in [0.2, 0.25) is 0 Å². The molecule has 1 saturated heterocycles. The van der Waals surface area contributed by atoms with Crippen molar-refractivity contribution in [3.63, 3.8) is 0 Å². The predicted molar refractivity (Wildman–Crippen MR) is 133 cm³/mol. The van der Waals surface area contributed by atoms with Crippen LogP contribution in [0.1, 0.15) is 117 Å². The van der Waals surface area contributed by atoms with E-state index in [4.69, 9.17) is 4.74 Å². The number of unbranched alkanes of at least 4 members (excludes halogenated alkanes) is 8. The smallest absolute Gasteiger partial charge is 0.0466 e. The van der Waals surface area contributed by atoms with E-state index >= 15 is 0 Å². The van der Waals surface area contributed by atoms with E-state index in [-0.39, 0.29) is 0 Å². The summed E-state index contributed by atoms with van der Waals surface area (Å²) < 4.78 is 5.81. The van der Waals surface area contributed by atoms with Crippen LogP contribution in [0.25, 0.3) is 0 Å². The SMILES string of the molecule is CCCCCCCOCCCCN1CCN(CCC(CCC)CCCCCC)CC1. The van der Waals surface area contributed by atoms with Crippen LogP contribution in [0.3, 0.4) is 0 Å². The van der Waals surface area contributed by atoms with Gasteiger partial charge in [-0.1, -0.05) is 91.4 Å². The summed E-state index contributed by atoms with van der Waals surface area (Å²) in [6.45, 7) is 16.6. The van der Waals surface area contributed by atoms with Gasteiger partial charge in [0.25, 0.3) is 0 Å². The average Bonchev–Trinajstić information content (AvgIpc) is 2.77. The first kappa shape index (κ1) is 27.9. The Kier molecular flexibility index (Phi) is 19.3. The van der Waals surface area contributed by atoms with Crippen LogP contribution in [0.4, 0.5) is 0 Å². The lowest BCUT2D eigenvalue weighted by molar-refractivity contribution is 0.108. The maximum atomic E-state index is 5.81. The van der Waals surface area contributed by atoms with E-state index in [2.05, 4.69) is 30.6 Å². The quantitative estimate of drug-likeness (QED) is 0.182. The number of rotatable bonds is 21. The zero-order valence-corrected chi connectivity index (χ0v) is 21.1. The number of piperazine rings is 1. The Labute approximate surface area is 190 Å². The van der Waals surface area contributed by atoms with Crippen LogP contribution in [-0.4, -0.2) is 62.3 Å². The van der Waals surface area contributed by atoms with Crippen LogP contribution in [0, 0.1) is 5.92 Å². The first-order chi connectivity index (χ1) is 14.8. The molecule has 0 spiro atoms. The highest BCUT2D eigenvalue weighted by molar-refractivity contribution is 4.73. The van der Waals surface area contributed by atoms with Gasteiger partial charge < -0.3 is 14.5 Å². The Hall–Kier alpha value is -0.120. The van der Waals surface area contributed by atoms with Crippen LogP contribution >= 0.6 is 0 Å². The molecule has 3 nitrogen and oxygen atoms in total. The minimum absolute atomic E-state index is 0.963. The number of ether oxygens (including phenoxy) is 1. The van der Waals surface area contributed by atoms with Gasteiger partial charge in [-0.2, -0.15) is 0 Å². The van der Waals surface area contributed by atoms with E-state index in [1.165, 1.54) is 136 Å². The summed E-state index contributed by atoms with van der Waals surface area (Å²) in [7, 11) is 0.